The van der Waals surface area contributed by atoms with Gasteiger partial charge in [-0.3, -0.25) is 0 Å². The first-order valence-corrected chi connectivity index (χ1v) is 4.86. The number of methoxy groups -OCH3 is 1. The van der Waals surface area contributed by atoms with Gasteiger partial charge < -0.3 is 4.74 Å². The summed E-state index contributed by atoms with van der Waals surface area (Å²) in [6.45, 7) is 7.93. The smallest absolute Gasteiger partial charge is 0.122 e. The molecule has 0 amide bonds. The number of hydrogen-bond donors (Lipinski definition) is 0. The van der Waals surface area contributed by atoms with Gasteiger partial charge in [-0.05, 0) is 23.6 Å². The SMILES string of the molecule is C=C[C](C)c1ccc(CC)c(OC)c1. The van der Waals surface area contributed by atoms with E-state index >= 15 is 0 Å². The quantitative estimate of drug-likeness (QED) is 0.705. The van der Waals surface area contributed by atoms with Crippen LogP contribution in [0.25, 0.3) is 0 Å². The fourth-order valence-electron chi connectivity index (χ4n) is 1.40. The molecule has 0 N–H and O–H groups in total. The largest absolute Gasteiger partial charge is 0.496 e. The Morgan fingerprint density at radius 3 is 2.71 bits per heavy atom. The molecule has 1 radical (unpaired) electrons. The Balaban J connectivity index is 3.06. The molecule has 0 spiro atoms. The predicted octanol–water partition coefficient (Wildman–Crippen LogP) is 3.39. The summed E-state index contributed by atoms with van der Waals surface area (Å²) in [7, 11) is 1.71. The third-order valence-electron chi connectivity index (χ3n) is 2.43. The Hall–Kier alpha value is -1.24. The van der Waals surface area contributed by atoms with E-state index in [1.165, 1.54) is 17.0 Å². The molecule has 0 unspecified atom stereocenters. The van der Waals surface area contributed by atoms with E-state index in [-0.39, 0.29) is 0 Å². The third kappa shape index (κ3) is 2.16. The summed E-state index contributed by atoms with van der Waals surface area (Å²) in [5, 5.41) is 0. The molecule has 0 aliphatic heterocycles. The van der Waals surface area contributed by atoms with E-state index in [1.54, 1.807) is 7.11 Å². The highest BCUT2D eigenvalue weighted by molar-refractivity contribution is 5.44. The van der Waals surface area contributed by atoms with Gasteiger partial charge in [-0.15, -0.1) is 6.58 Å². The third-order valence-corrected chi connectivity index (χ3v) is 2.43. The monoisotopic (exact) mass is 189 g/mol. The van der Waals surface area contributed by atoms with Gasteiger partial charge in [-0.1, -0.05) is 32.1 Å². The van der Waals surface area contributed by atoms with E-state index in [4.69, 9.17) is 4.74 Å². The van der Waals surface area contributed by atoms with Crippen LogP contribution < -0.4 is 4.74 Å². The first-order valence-electron chi connectivity index (χ1n) is 4.86. The predicted molar refractivity (Wildman–Crippen MR) is 60.6 cm³/mol. The average molecular weight is 189 g/mol. The standard InChI is InChI=1S/C13H17O/c1-5-10(3)12-8-7-11(6-2)13(9-12)14-4/h5,7-9H,1,6H2,2-4H3. The minimum atomic E-state index is 0.964. The minimum absolute atomic E-state index is 0.964. The van der Waals surface area contributed by atoms with Crippen molar-refractivity contribution in [3.63, 3.8) is 0 Å². The van der Waals surface area contributed by atoms with Gasteiger partial charge in [0.2, 0.25) is 0 Å². The van der Waals surface area contributed by atoms with Crippen LogP contribution in [0.15, 0.2) is 30.9 Å². The molecule has 1 aromatic rings. The lowest BCUT2D eigenvalue weighted by Crippen LogP contribution is -1.95. The van der Waals surface area contributed by atoms with Gasteiger partial charge in [0.25, 0.3) is 0 Å². The molecule has 0 aliphatic rings. The van der Waals surface area contributed by atoms with Crippen LogP contribution in [0.3, 0.4) is 0 Å². The van der Waals surface area contributed by atoms with Crippen molar-refractivity contribution in [2.75, 3.05) is 7.11 Å². The van der Waals surface area contributed by atoms with E-state index in [1.807, 2.05) is 13.0 Å². The zero-order valence-electron chi connectivity index (χ0n) is 9.13. The minimum Gasteiger partial charge on any atom is -0.496 e. The number of rotatable bonds is 4. The fraction of sp³-hybridized carbons (Fsp3) is 0.308. The van der Waals surface area contributed by atoms with Crippen LogP contribution in [-0.4, -0.2) is 7.11 Å². The zero-order chi connectivity index (χ0) is 10.6. The molecule has 1 nitrogen and oxygen atoms in total. The van der Waals surface area contributed by atoms with Crippen molar-refractivity contribution in [2.45, 2.75) is 20.3 Å². The molecule has 75 valence electrons. The topological polar surface area (TPSA) is 9.23 Å². The van der Waals surface area contributed by atoms with E-state index < -0.39 is 0 Å². The summed E-state index contributed by atoms with van der Waals surface area (Å²) in [5.41, 5.74) is 2.42. The Kier molecular flexibility index (Phi) is 3.75. The van der Waals surface area contributed by atoms with Crippen molar-refractivity contribution in [3.8, 4) is 5.75 Å². The first kappa shape index (κ1) is 10.8. The molecule has 0 fully saturated rings. The van der Waals surface area contributed by atoms with Crippen molar-refractivity contribution < 1.29 is 4.74 Å². The van der Waals surface area contributed by atoms with Gasteiger partial charge in [0.05, 0.1) is 7.11 Å². The summed E-state index contributed by atoms with van der Waals surface area (Å²) in [6.07, 6.45) is 2.86. The number of ether oxygens (including phenoxy) is 1. The molecule has 0 atom stereocenters. The molecule has 0 bridgehead atoms. The fourth-order valence-corrected chi connectivity index (χ4v) is 1.40. The molecule has 0 saturated heterocycles. The summed E-state index contributed by atoms with van der Waals surface area (Å²) < 4.78 is 5.32. The molecular weight excluding hydrogens is 172 g/mol. The molecule has 0 heterocycles. The Morgan fingerprint density at radius 1 is 1.50 bits per heavy atom. The molecular formula is C13H17O. The summed E-state index contributed by atoms with van der Waals surface area (Å²) >= 11 is 0. The van der Waals surface area contributed by atoms with E-state index in [9.17, 15) is 0 Å². The Labute approximate surface area is 86.4 Å². The summed E-state index contributed by atoms with van der Waals surface area (Å²) in [4.78, 5) is 0. The molecule has 0 aliphatic carbocycles. The Bertz CT molecular complexity index is 315. The van der Waals surface area contributed by atoms with Gasteiger partial charge in [0.15, 0.2) is 0 Å². The molecule has 1 heteroatoms. The van der Waals surface area contributed by atoms with Crippen molar-refractivity contribution in [2.24, 2.45) is 0 Å². The van der Waals surface area contributed by atoms with E-state index in [0.717, 1.165) is 12.2 Å². The maximum Gasteiger partial charge on any atom is 0.122 e. The average Bonchev–Trinajstić information content (AvgIpc) is 2.26. The second-order valence-electron chi connectivity index (χ2n) is 3.27. The number of benzene rings is 1. The van der Waals surface area contributed by atoms with Gasteiger partial charge in [0, 0.05) is 5.92 Å². The molecule has 14 heavy (non-hydrogen) atoms. The van der Waals surface area contributed by atoms with Crippen molar-refractivity contribution in [3.05, 3.63) is 47.9 Å². The van der Waals surface area contributed by atoms with Crippen molar-refractivity contribution in [1.82, 2.24) is 0 Å². The number of aryl methyl sites for hydroxylation is 1. The van der Waals surface area contributed by atoms with Crippen LogP contribution in [0.1, 0.15) is 25.0 Å². The van der Waals surface area contributed by atoms with Gasteiger partial charge in [-0.25, -0.2) is 0 Å². The normalized spacial score (nSPS) is 10.3. The zero-order valence-corrected chi connectivity index (χ0v) is 9.13. The highest BCUT2D eigenvalue weighted by atomic mass is 16.5. The Morgan fingerprint density at radius 2 is 2.21 bits per heavy atom. The van der Waals surface area contributed by atoms with Crippen molar-refractivity contribution in [1.29, 1.82) is 0 Å². The second kappa shape index (κ2) is 4.85. The summed E-state index contributed by atoms with van der Waals surface area (Å²) in [6, 6.07) is 6.29. The second-order valence-corrected chi connectivity index (χ2v) is 3.27. The van der Waals surface area contributed by atoms with E-state index in [2.05, 4.69) is 31.7 Å². The molecule has 1 rings (SSSR count). The lowest BCUT2D eigenvalue weighted by Gasteiger charge is -2.11. The van der Waals surface area contributed by atoms with Gasteiger partial charge in [0.1, 0.15) is 5.75 Å². The summed E-state index contributed by atoms with van der Waals surface area (Å²) in [5.74, 6) is 2.14. The lowest BCUT2D eigenvalue weighted by molar-refractivity contribution is 0.410. The highest BCUT2D eigenvalue weighted by Crippen LogP contribution is 2.25. The number of allylic oxidation sites excluding steroid dienone is 1. The van der Waals surface area contributed by atoms with Gasteiger partial charge in [-0.2, -0.15) is 0 Å². The van der Waals surface area contributed by atoms with Crippen LogP contribution in [0.2, 0.25) is 0 Å². The van der Waals surface area contributed by atoms with Gasteiger partial charge >= 0.3 is 0 Å². The molecule has 0 saturated carbocycles. The van der Waals surface area contributed by atoms with Crippen LogP contribution in [0, 0.1) is 5.92 Å². The molecule has 0 aromatic heterocycles. The maximum absolute atomic E-state index is 5.32. The van der Waals surface area contributed by atoms with Crippen LogP contribution in [-0.2, 0) is 6.42 Å². The maximum atomic E-state index is 5.32. The van der Waals surface area contributed by atoms with Crippen LogP contribution in [0.5, 0.6) is 5.75 Å². The van der Waals surface area contributed by atoms with Crippen molar-refractivity contribution >= 4 is 0 Å². The van der Waals surface area contributed by atoms with Crippen LogP contribution in [0.4, 0.5) is 0 Å². The highest BCUT2D eigenvalue weighted by Gasteiger charge is 2.06. The molecule has 1 aromatic carbocycles. The van der Waals surface area contributed by atoms with E-state index in [0.29, 0.717) is 0 Å². The number of hydrogen-bond acceptors (Lipinski definition) is 1. The first-order chi connectivity index (χ1) is 6.72. The lowest BCUT2D eigenvalue weighted by atomic mass is 9.98. The van der Waals surface area contributed by atoms with Crippen LogP contribution >= 0.6 is 0 Å².